The summed E-state index contributed by atoms with van der Waals surface area (Å²) in [5.41, 5.74) is 2.84. The van der Waals surface area contributed by atoms with Gasteiger partial charge in [0.2, 0.25) is 0 Å². The van der Waals surface area contributed by atoms with Crippen molar-refractivity contribution in [1.29, 1.82) is 0 Å². The van der Waals surface area contributed by atoms with Gasteiger partial charge < -0.3 is 5.11 Å². The number of carbonyl (C=O) groups is 2. The molecule has 1 aliphatic rings. The standard InChI is InChI=1S/C20H15FO4S/c1-11-16(9-12-3-6-14(7-4-12)26(2)25)15-8-5-13(21)10-17(15)18(11)19(22)20(23)24/h3-10H,1-2H3,(H,23,24). The maximum Gasteiger partial charge on any atom is 0.377 e. The highest BCUT2D eigenvalue weighted by atomic mass is 32.2. The first-order valence-corrected chi connectivity index (χ1v) is 9.29. The molecule has 6 heteroatoms. The van der Waals surface area contributed by atoms with Gasteiger partial charge in [0.25, 0.3) is 5.78 Å². The number of rotatable bonds is 4. The Hall–Kier alpha value is -2.86. The number of benzene rings is 2. The van der Waals surface area contributed by atoms with Crippen molar-refractivity contribution in [1.82, 2.24) is 0 Å². The van der Waals surface area contributed by atoms with Crippen LogP contribution in [0.25, 0.3) is 17.2 Å². The topological polar surface area (TPSA) is 71.4 Å². The molecule has 1 aliphatic carbocycles. The molecule has 26 heavy (non-hydrogen) atoms. The van der Waals surface area contributed by atoms with Gasteiger partial charge in [-0.25, -0.2) is 9.18 Å². The van der Waals surface area contributed by atoms with Crippen LogP contribution in [-0.4, -0.2) is 27.3 Å². The van der Waals surface area contributed by atoms with Crippen molar-refractivity contribution in [2.45, 2.75) is 11.8 Å². The van der Waals surface area contributed by atoms with Gasteiger partial charge in [-0.3, -0.25) is 9.00 Å². The van der Waals surface area contributed by atoms with Crippen LogP contribution in [0.15, 0.2) is 52.9 Å². The Morgan fingerprint density at radius 2 is 1.73 bits per heavy atom. The van der Waals surface area contributed by atoms with Crippen LogP contribution in [-0.2, 0) is 20.4 Å². The average Bonchev–Trinajstić information content (AvgIpc) is 2.86. The van der Waals surface area contributed by atoms with Gasteiger partial charge in [0, 0.05) is 27.5 Å². The van der Waals surface area contributed by atoms with Gasteiger partial charge >= 0.3 is 5.97 Å². The van der Waals surface area contributed by atoms with Crippen LogP contribution in [0.1, 0.15) is 23.6 Å². The monoisotopic (exact) mass is 370 g/mol. The number of carboxylic acids is 1. The summed E-state index contributed by atoms with van der Waals surface area (Å²) in [6.45, 7) is 1.65. The molecule has 0 amide bonds. The van der Waals surface area contributed by atoms with E-state index in [4.69, 9.17) is 5.11 Å². The van der Waals surface area contributed by atoms with E-state index in [1.165, 1.54) is 18.2 Å². The number of carbonyl (C=O) groups excluding carboxylic acids is 1. The van der Waals surface area contributed by atoms with E-state index in [1.807, 2.05) is 0 Å². The van der Waals surface area contributed by atoms with Gasteiger partial charge in [0.1, 0.15) is 5.82 Å². The average molecular weight is 370 g/mol. The number of carboxylic acid groups (broad SMARTS) is 1. The second kappa shape index (κ2) is 6.80. The summed E-state index contributed by atoms with van der Waals surface area (Å²) in [5.74, 6) is -3.18. The number of allylic oxidation sites excluding steroid dienone is 2. The number of aliphatic carboxylic acids is 1. The van der Waals surface area contributed by atoms with Crippen LogP contribution in [0, 0.1) is 5.82 Å². The summed E-state index contributed by atoms with van der Waals surface area (Å²) in [4.78, 5) is 24.0. The van der Waals surface area contributed by atoms with E-state index in [2.05, 4.69) is 0 Å². The third kappa shape index (κ3) is 3.15. The lowest BCUT2D eigenvalue weighted by molar-refractivity contribution is -0.146. The molecule has 0 saturated heterocycles. The fraction of sp³-hybridized carbons (Fsp3) is 0.100. The molecule has 0 spiro atoms. The van der Waals surface area contributed by atoms with Crippen molar-refractivity contribution >= 4 is 39.8 Å². The number of fused-ring (bicyclic) bond motifs is 1. The highest BCUT2D eigenvalue weighted by Gasteiger charge is 2.31. The van der Waals surface area contributed by atoms with Gasteiger partial charge in [-0.15, -0.1) is 0 Å². The normalized spacial score (nSPS) is 15.9. The highest BCUT2D eigenvalue weighted by molar-refractivity contribution is 7.84. The Kier molecular flexibility index (Phi) is 4.70. The molecule has 1 atom stereocenters. The molecule has 4 nitrogen and oxygen atoms in total. The van der Waals surface area contributed by atoms with E-state index in [9.17, 15) is 18.2 Å². The molecule has 0 aromatic heterocycles. The van der Waals surface area contributed by atoms with E-state index < -0.39 is 28.4 Å². The maximum absolute atomic E-state index is 13.7. The Labute approximate surface area is 152 Å². The van der Waals surface area contributed by atoms with Gasteiger partial charge in [0.05, 0.1) is 0 Å². The lowest BCUT2D eigenvalue weighted by Gasteiger charge is -2.05. The Morgan fingerprint density at radius 3 is 2.31 bits per heavy atom. The molecule has 132 valence electrons. The zero-order valence-electron chi connectivity index (χ0n) is 14.1. The first-order chi connectivity index (χ1) is 12.3. The van der Waals surface area contributed by atoms with Crippen LogP contribution in [0.3, 0.4) is 0 Å². The molecule has 0 aliphatic heterocycles. The van der Waals surface area contributed by atoms with E-state index in [0.29, 0.717) is 21.6 Å². The minimum absolute atomic E-state index is 0.00420. The number of ketones is 1. The van der Waals surface area contributed by atoms with E-state index in [-0.39, 0.29) is 11.1 Å². The summed E-state index contributed by atoms with van der Waals surface area (Å²) in [6, 6.07) is 11.1. The minimum Gasteiger partial charge on any atom is -0.475 e. The van der Waals surface area contributed by atoms with Crippen LogP contribution >= 0.6 is 0 Å². The molecule has 0 heterocycles. The van der Waals surface area contributed by atoms with E-state index in [0.717, 1.165) is 5.56 Å². The molecule has 1 unspecified atom stereocenters. The molecule has 1 N–H and O–H groups in total. The summed E-state index contributed by atoms with van der Waals surface area (Å²) in [5, 5.41) is 9.09. The number of Topliss-reactive ketones (excluding diaryl/α,β-unsaturated/α-hetero) is 1. The lowest BCUT2D eigenvalue weighted by atomic mass is 10.0. The van der Waals surface area contributed by atoms with Crippen LogP contribution in [0.5, 0.6) is 0 Å². The van der Waals surface area contributed by atoms with Crippen molar-refractivity contribution in [3.05, 3.63) is 70.5 Å². The van der Waals surface area contributed by atoms with E-state index >= 15 is 0 Å². The fourth-order valence-electron chi connectivity index (χ4n) is 3.00. The summed E-state index contributed by atoms with van der Waals surface area (Å²) < 4.78 is 25.2. The number of hydrogen-bond donors (Lipinski definition) is 1. The zero-order chi connectivity index (χ0) is 19.0. The summed E-state index contributed by atoms with van der Waals surface area (Å²) >= 11 is 0. The van der Waals surface area contributed by atoms with Crippen LogP contribution in [0.2, 0.25) is 0 Å². The second-order valence-corrected chi connectivity index (χ2v) is 7.29. The van der Waals surface area contributed by atoms with Crippen molar-refractivity contribution in [2.75, 3.05) is 6.26 Å². The maximum atomic E-state index is 13.7. The number of hydrogen-bond acceptors (Lipinski definition) is 3. The van der Waals surface area contributed by atoms with Crippen molar-refractivity contribution < 1.29 is 23.3 Å². The van der Waals surface area contributed by atoms with Gasteiger partial charge in [-0.1, -0.05) is 18.2 Å². The lowest BCUT2D eigenvalue weighted by Crippen LogP contribution is -2.14. The minimum atomic E-state index is -1.58. The van der Waals surface area contributed by atoms with Crippen LogP contribution < -0.4 is 0 Å². The van der Waals surface area contributed by atoms with Crippen molar-refractivity contribution in [2.24, 2.45) is 0 Å². The SMILES string of the molecule is CC1=C(C(=O)C(=O)O)c2cc(F)ccc2C1=Cc1ccc(S(C)=O)cc1. The van der Waals surface area contributed by atoms with Crippen molar-refractivity contribution in [3.63, 3.8) is 0 Å². The van der Waals surface area contributed by atoms with Crippen LogP contribution in [0.4, 0.5) is 4.39 Å². The molecule has 0 radical (unpaired) electrons. The zero-order valence-corrected chi connectivity index (χ0v) is 14.9. The molecule has 0 bridgehead atoms. The predicted molar refractivity (Wildman–Crippen MR) is 98.3 cm³/mol. The van der Waals surface area contributed by atoms with Crippen molar-refractivity contribution in [3.8, 4) is 0 Å². The molecule has 2 aromatic rings. The molecular weight excluding hydrogens is 355 g/mol. The molecule has 3 rings (SSSR count). The smallest absolute Gasteiger partial charge is 0.377 e. The molecule has 0 fully saturated rings. The predicted octanol–water partition coefficient (Wildman–Crippen LogP) is 3.54. The first-order valence-electron chi connectivity index (χ1n) is 7.74. The molecule has 0 saturated carbocycles. The van der Waals surface area contributed by atoms with Gasteiger partial charge in [-0.2, -0.15) is 0 Å². The first kappa shape index (κ1) is 17.9. The Bertz CT molecular complexity index is 1020. The van der Waals surface area contributed by atoms with Gasteiger partial charge in [-0.05, 0) is 65.1 Å². The quantitative estimate of drug-likeness (QED) is 0.836. The second-order valence-electron chi connectivity index (χ2n) is 5.91. The van der Waals surface area contributed by atoms with Gasteiger partial charge in [0.15, 0.2) is 0 Å². The Balaban J connectivity index is 2.16. The fourth-order valence-corrected chi connectivity index (χ4v) is 3.52. The summed E-state index contributed by atoms with van der Waals surface area (Å²) in [6.07, 6.45) is 3.39. The summed E-state index contributed by atoms with van der Waals surface area (Å²) in [7, 11) is -1.09. The largest absolute Gasteiger partial charge is 0.475 e. The third-order valence-corrected chi connectivity index (χ3v) is 5.20. The molecular formula is C20H15FO4S. The third-order valence-electron chi connectivity index (χ3n) is 4.26. The van der Waals surface area contributed by atoms with E-state index in [1.54, 1.807) is 43.5 Å². The molecule has 2 aromatic carbocycles. The Morgan fingerprint density at radius 1 is 1.08 bits per heavy atom. The number of halogens is 1. The highest BCUT2D eigenvalue weighted by Crippen LogP contribution is 2.42.